The summed E-state index contributed by atoms with van der Waals surface area (Å²) in [6, 6.07) is -4.52. The Hall–Kier alpha value is -2.71. The second-order valence-electron chi connectivity index (χ2n) is 16.5. The van der Waals surface area contributed by atoms with Gasteiger partial charge in [-0.2, -0.15) is 0 Å². The highest BCUT2D eigenvalue weighted by Gasteiger charge is 2.70. The van der Waals surface area contributed by atoms with E-state index in [-0.39, 0.29) is 42.0 Å². The molecule has 0 spiro atoms. The van der Waals surface area contributed by atoms with Crippen molar-refractivity contribution in [3.8, 4) is 0 Å². The van der Waals surface area contributed by atoms with Gasteiger partial charge in [0, 0.05) is 25.5 Å². The van der Waals surface area contributed by atoms with Crippen molar-refractivity contribution in [2.75, 3.05) is 31.3 Å². The molecule has 0 aromatic carbocycles. The lowest BCUT2D eigenvalue weighted by Gasteiger charge is -2.38. The first-order valence-corrected chi connectivity index (χ1v) is 19.4. The van der Waals surface area contributed by atoms with Crippen LogP contribution in [-0.2, 0) is 29.2 Å². The minimum atomic E-state index is -3.75. The third kappa shape index (κ3) is 10.6. The SMILES string of the molecule is C=CCNC(=O)C(=O)C(CC1CC1)NC(=O)[C@@H]1[C@@H]2[C@H](CN1C(=O)[C@@H](NC(=O)N[C@H](CS(=O)(=O)NCCCCl)C(C)(C)C)C(C)(C)C)C2(C)C. The maximum Gasteiger partial charge on any atom is 0.315 e. The molecule has 2 saturated carbocycles. The summed E-state index contributed by atoms with van der Waals surface area (Å²) in [5, 5.41) is 10.9. The Morgan fingerprint density at radius 3 is 2.16 bits per heavy atom. The standard InChI is InChI=1S/C34H57ClN6O7S/c1-10-15-36-29(44)26(42)22(17-20-12-13-20)38-28(43)25-24-21(34(24,8)9)18-41(25)30(45)27(33(5,6)7)40-31(46)39-23(32(2,3)4)19-49(47,48)37-16-11-14-35/h10,20-25,27,37H,1,11-19H2,2-9H3,(H,36,44)(H,38,43)(H2,39,40,46)/t21-,22?,23+,24-,25-,27+/m0/s1. The van der Waals surface area contributed by atoms with Crippen molar-refractivity contribution in [3.63, 3.8) is 0 Å². The van der Waals surface area contributed by atoms with E-state index in [4.69, 9.17) is 11.6 Å². The fourth-order valence-corrected chi connectivity index (χ4v) is 8.35. The van der Waals surface area contributed by atoms with E-state index in [0.717, 1.165) is 12.8 Å². The van der Waals surface area contributed by atoms with Crippen molar-refractivity contribution in [2.45, 2.75) is 105 Å². The van der Waals surface area contributed by atoms with Gasteiger partial charge in [0.1, 0.15) is 12.1 Å². The minimum absolute atomic E-state index is 0.0388. The molecule has 3 fully saturated rings. The summed E-state index contributed by atoms with van der Waals surface area (Å²) in [4.78, 5) is 69.1. The van der Waals surface area contributed by atoms with E-state index in [1.54, 1.807) is 20.8 Å². The number of amides is 5. The highest BCUT2D eigenvalue weighted by molar-refractivity contribution is 7.89. The number of alkyl halides is 1. The van der Waals surface area contributed by atoms with Gasteiger partial charge in [-0.25, -0.2) is 17.9 Å². The number of hydrogen-bond acceptors (Lipinski definition) is 7. The Labute approximate surface area is 296 Å². The second-order valence-corrected chi connectivity index (χ2v) is 18.8. The number of carbonyl (C=O) groups is 5. The van der Waals surface area contributed by atoms with Crippen molar-refractivity contribution in [1.82, 2.24) is 30.9 Å². The predicted octanol–water partition coefficient (Wildman–Crippen LogP) is 2.30. The van der Waals surface area contributed by atoms with Crippen LogP contribution in [0.1, 0.15) is 81.1 Å². The molecule has 0 aromatic heterocycles. The Morgan fingerprint density at radius 1 is 1.00 bits per heavy atom. The van der Waals surface area contributed by atoms with Gasteiger partial charge >= 0.3 is 6.03 Å². The Bertz CT molecular complexity index is 1390. The van der Waals surface area contributed by atoms with Crippen LogP contribution in [0.3, 0.4) is 0 Å². The van der Waals surface area contributed by atoms with Crippen LogP contribution in [0, 0.1) is 34.0 Å². The van der Waals surface area contributed by atoms with Gasteiger partial charge in [0.05, 0.1) is 17.8 Å². The van der Waals surface area contributed by atoms with E-state index < -0.39 is 74.6 Å². The highest BCUT2D eigenvalue weighted by atomic mass is 35.5. The summed E-state index contributed by atoms with van der Waals surface area (Å²) >= 11 is 5.68. The van der Waals surface area contributed by atoms with Gasteiger partial charge in [-0.3, -0.25) is 19.2 Å². The van der Waals surface area contributed by atoms with Crippen LogP contribution in [0.4, 0.5) is 4.79 Å². The molecule has 3 rings (SSSR count). The number of rotatable bonds is 17. The molecule has 1 heterocycles. The zero-order valence-corrected chi connectivity index (χ0v) is 31.9. The fraction of sp³-hybridized carbons (Fsp3) is 0.794. The van der Waals surface area contributed by atoms with Crippen LogP contribution in [0.15, 0.2) is 12.7 Å². The summed E-state index contributed by atoms with van der Waals surface area (Å²) in [5.74, 6) is -2.46. The van der Waals surface area contributed by atoms with Crippen LogP contribution >= 0.6 is 11.6 Å². The average Bonchev–Trinajstić information content (AvgIpc) is 3.83. The number of Topliss-reactive ketones (excluding diaryl/α,β-unsaturated/α-hetero) is 1. The van der Waals surface area contributed by atoms with Gasteiger partial charge in [0.25, 0.3) is 5.91 Å². The zero-order valence-electron chi connectivity index (χ0n) is 30.3. The van der Waals surface area contributed by atoms with Gasteiger partial charge in [0.15, 0.2) is 0 Å². The van der Waals surface area contributed by atoms with Crippen LogP contribution in [0.25, 0.3) is 0 Å². The Kier molecular flexibility index (Phi) is 13.0. The molecule has 0 radical (unpaired) electrons. The zero-order chi connectivity index (χ0) is 37.1. The molecule has 3 aliphatic rings. The number of ketones is 1. The van der Waals surface area contributed by atoms with Crippen LogP contribution < -0.4 is 26.0 Å². The topological polar surface area (TPSA) is 183 Å². The van der Waals surface area contributed by atoms with Crippen molar-refractivity contribution >= 4 is 51.2 Å². The van der Waals surface area contributed by atoms with E-state index in [2.05, 4.69) is 32.6 Å². The van der Waals surface area contributed by atoms with Gasteiger partial charge in [0.2, 0.25) is 27.6 Å². The number of piperidine rings is 1. The summed E-state index contributed by atoms with van der Waals surface area (Å²) in [6.45, 7) is 19.0. The molecular weight excluding hydrogens is 672 g/mol. The first kappa shape index (κ1) is 40.7. The normalized spacial score (nSPS) is 23.4. The van der Waals surface area contributed by atoms with Crippen LogP contribution in [0.5, 0.6) is 0 Å². The minimum Gasteiger partial charge on any atom is -0.346 e. The molecule has 49 heavy (non-hydrogen) atoms. The van der Waals surface area contributed by atoms with Crippen molar-refractivity contribution < 1.29 is 32.4 Å². The van der Waals surface area contributed by atoms with Gasteiger partial charge in [-0.05, 0) is 46.8 Å². The molecule has 1 unspecified atom stereocenters. The Morgan fingerprint density at radius 2 is 1.63 bits per heavy atom. The molecule has 0 bridgehead atoms. The molecule has 5 N–H and O–H groups in total. The number of likely N-dealkylation sites (tertiary alicyclic amines) is 1. The number of nitrogens with zero attached hydrogens (tertiary/aromatic N) is 1. The molecule has 278 valence electrons. The van der Waals surface area contributed by atoms with Crippen LogP contribution in [-0.4, -0.2) is 98.3 Å². The molecule has 6 atom stereocenters. The number of hydrogen-bond donors (Lipinski definition) is 5. The lowest BCUT2D eigenvalue weighted by molar-refractivity contribution is -0.145. The van der Waals surface area contributed by atoms with Crippen molar-refractivity contribution in [1.29, 1.82) is 0 Å². The molecule has 1 aliphatic heterocycles. The van der Waals surface area contributed by atoms with Crippen molar-refractivity contribution in [2.24, 2.45) is 34.0 Å². The summed E-state index contributed by atoms with van der Waals surface area (Å²) in [6.07, 6.45) is 4.08. The van der Waals surface area contributed by atoms with Crippen molar-refractivity contribution in [3.05, 3.63) is 12.7 Å². The number of halogens is 1. The summed E-state index contributed by atoms with van der Waals surface area (Å²) in [7, 11) is -3.75. The number of fused-ring (bicyclic) bond motifs is 1. The monoisotopic (exact) mass is 728 g/mol. The van der Waals surface area contributed by atoms with Crippen LogP contribution in [0.2, 0.25) is 0 Å². The third-order valence-electron chi connectivity index (χ3n) is 10.0. The smallest absolute Gasteiger partial charge is 0.315 e. The van der Waals surface area contributed by atoms with E-state index in [0.29, 0.717) is 25.3 Å². The van der Waals surface area contributed by atoms with E-state index in [1.807, 2.05) is 34.6 Å². The van der Waals surface area contributed by atoms with Gasteiger partial charge < -0.3 is 26.2 Å². The predicted molar refractivity (Wildman–Crippen MR) is 189 cm³/mol. The molecule has 0 aromatic rings. The first-order valence-electron chi connectivity index (χ1n) is 17.2. The van der Waals surface area contributed by atoms with Gasteiger partial charge in [-0.1, -0.05) is 74.3 Å². The number of urea groups is 1. The quantitative estimate of drug-likeness (QED) is 0.0659. The van der Waals surface area contributed by atoms with E-state index >= 15 is 0 Å². The number of carbonyl (C=O) groups excluding carboxylic acids is 5. The second kappa shape index (κ2) is 15.7. The molecular formula is C34H57ClN6O7S. The molecule has 15 heteroatoms. The van der Waals surface area contributed by atoms with E-state index in [9.17, 15) is 32.4 Å². The molecule has 5 amide bonds. The summed E-state index contributed by atoms with van der Waals surface area (Å²) in [5.41, 5.74) is -1.67. The first-order chi connectivity index (χ1) is 22.5. The number of sulfonamides is 1. The van der Waals surface area contributed by atoms with Gasteiger partial charge in [-0.15, -0.1) is 18.2 Å². The van der Waals surface area contributed by atoms with E-state index in [1.165, 1.54) is 11.0 Å². The highest BCUT2D eigenvalue weighted by Crippen LogP contribution is 2.65. The molecule has 2 aliphatic carbocycles. The summed E-state index contributed by atoms with van der Waals surface area (Å²) < 4.78 is 28.1. The largest absolute Gasteiger partial charge is 0.346 e. The maximum atomic E-state index is 14.4. The Balaban J connectivity index is 1.81. The fourth-order valence-electron chi connectivity index (χ4n) is 6.63. The lowest BCUT2D eigenvalue weighted by Crippen LogP contribution is -2.62. The number of nitrogens with one attached hydrogen (secondary N) is 5. The maximum absolute atomic E-state index is 14.4. The third-order valence-corrected chi connectivity index (χ3v) is 11.7. The molecule has 13 nitrogen and oxygen atoms in total. The lowest BCUT2D eigenvalue weighted by atomic mass is 9.85. The molecule has 1 saturated heterocycles. The average molecular weight is 729 g/mol.